The van der Waals surface area contributed by atoms with E-state index in [0.29, 0.717) is 24.7 Å². The molecule has 0 bridgehead atoms. The van der Waals surface area contributed by atoms with Crippen LogP contribution >= 0.6 is 47.0 Å². The number of hydrogen-bond donors (Lipinski definition) is 2. The molecule has 0 saturated carbocycles. The highest BCUT2D eigenvalue weighted by Crippen LogP contribution is 2.18. The lowest BCUT2D eigenvalue weighted by atomic mass is 10.3. The minimum Gasteiger partial charge on any atom is -0.491 e. The number of aliphatic hydroxyl groups excluding tert-OH is 2. The molecule has 0 aliphatic rings. The Kier molecular flexibility index (Phi) is 20.3. The summed E-state index contributed by atoms with van der Waals surface area (Å²) < 4.78 is 22.1. The van der Waals surface area contributed by atoms with E-state index in [9.17, 15) is 10.2 Å². The topological polar surface area (TPSA) is 77.4 Å². The van der Waals surface area contributed by atoms with Crippen LogP contribution in [-0.4, -0.2) is 109 Å². The second kappa shape index (κ2) is 21.6. The Balaban J connectivity index is 2.07. The molecule has 0 spiro atoms. The van der Waals surface area contributed by atoms with Crippen molar-refractivity contribution in [1.29, 1.82) is 0 Å². The van der Waals surface area contributed by atoms with Crippen molar-refractivity contribution in [2.75, 3.05) is 86.7 Å². The fourth-order valence-electron chi connectivity index (χ4n) is 2.28. The molecule has 10 heteroatoms. The Labute approximate surface area is 210 Å². The zero-order valence-electron chi connectivity index (χ0n) is 19.1. The van der Waals surface area contributed by atoms with Gasteiger partial charge in [0.05, 0.1) is 26.4 Å². The van der Waals surface area contributed by atoms with Crippen LogP contribution in [-0.2, 0) is 9.47 Å². The van der Waals surface area contributed by atoms with Gasteiger partial charge in [-0.25, -0.2) is 0 Å². The van der Waals surface area contributed by atoms with E-state index in [-0.39, 0.29) is 26.4 Å². The molecule has 0 aromatic heterocycles. The molecule has 1 aromatic rings. The Morgan fingerprint density at radius 3 is 1.41 bits per heavy atom. The normalized spacial score (nSPS) is 13.1. The summed E-state index contributed by atoms with van der Waals surface area (Å²) in [7, 11) is 0. The van der Waals surface area contributed by atoms with Gasteiger partial charge in [0.2, 0.25) is 0 Å². The largest absolute Gasteiger partial charge is 0.491 e. The second-order valence-electron chi connectivity index (χ2n) is 6.76. The fraction of sp³-hybridized carbons (Fsp3) is 0.727. The molecule has 2 atom stereocenters. The highest BCUT2D eigenvalue weighted by Gasteiger charge is 2.08. The van der Waals surface area contributed by atoms with Gasteiger partial charge in [0.15, 0.2) is 0 Å². The van der Waals surface area contributed by atoms with E-state index >= 15 is 0 Å². The van der Waals surface area contributed by atoms with Crippen molar-refractivity contribution in [3.63, 3.8) is 0 Å². The van der Waals surface area contributed by atoms with Crippen LogP contribution in [0.15, 0.2) is 24.3 Å². The summed E-state index contributed by atoms with van der Waals surface area (Å²) in [5.41, 5.74) is 0. The van der Waals surface area contributed by atoms with Crippen molar-refractivity contribution in [1.82, 2.24) is 0 Å². The van der Waals surface area contributed by atoms with Crippen molar-refractivity contribution in [2.45, 2.75) is 12.2 Å². The van der Waals surface area contributed by atoms with Gasteiger partial charge in [0, 0.05) is 34.5 Å². The molecule has 186 valence electrons. The first-order valence-corrected chi connectivity index (χ1v) is 15.8. The van der Waals surface area contributed by atoms with Crippen LogP contribution < -0.4 is 9.47 Å². The third-order valence-corrected chi connectivity index (χ3v) is 7.57. The summed E-state index contributed by atoms with van der Waals surface area (Å²) in [6.07, 6.45) is 2.87. The molecule has 0 radical (unpaired) electrons. The average molecular weight is 527 g/mol. The molecule has 2 unspecified atom stereocenters. The predicted molar refractivity (Wildman–Crippen MR) is 142 cm³/mol. The molecule has 0 amide bonds. The number of thioether (sulfide) groups is 4. The van der Waals surface area contributed by atoms with E-state index in [1.54, 1.807) is 24.3 Å². The lowest BCUT2D eigenvalue weighted by Crippen LogP contribution is -2.24. The van der Waals surface area contributed by atoms with Crippen molar-refractivity contribution in [3.05, 3.63) is 24.3 Å². The zero-order chi connectivity index (χ0) is 23.3. The monoisotopic (exact) mass is 526 g/mol. The first-order chi connectivity index (χ1) is 15.7. The summed E-state index contributed by atoms with van der Waals surface area (Å²) in [6, 6.07) is 7.11. The van der Waals surface area contributed by atoms with Gasteiger partial charge in [0.25, 0.3) is 0 Å². The lowest BCUT2D eigenvalue weighted by Gasteiger charge is -2.14. The quantitative estimate of drug-likeness (QED) is 0.220. The van der Waals surface area contributed by atoms with Gasteiger partial charge in [-0.3, -0.25) is 0 Å². The van der Waals surface area contributed by atoms with Crippen LogP contribution in [0.4, 0.5) is 0 Å². The molecule has 0 saturated heterocycles. The Bertz CT molecular complexity index is 491. The maximum Gasteiger partial charge on any atom is 0.119 e. The molecular weight excluding hydrogens is 489 g/mol. The first kappa shape index (κ1) is 30.1. The molecular formula is C22H38O6S4. The van der Waals surface area contributed by atoms with E-state index in [4.69, 9.17) is 18.9 Å². The molecule has 32 heavy (non-hydrogen) atoms. The number of benzene rings is 1. The van der Waals surface area contributed by atoms with Crippen LogP contribution in [0, 0.1) is 0 Å². The smallest absolute Gasteiger partial charge is 0.119 e. The number of rotatable bonds is 22. The van der Waals surface area contributed by atoms with Gasteiger partial charge in [0.1, 0.15) is 36.9 Å². The number of aliphatic hydroxyl groups is 2. The Hall–Kier alpha value is 0.0600. The van der Waals surface area contributed by atoms with Gasteiger partial charge in [-0.05, 0) is 36.8 Å². The van der Waals surface area contributed by atoms with Gasteiger partial charge >= 0.3 is 0 Å². The SMILES string of the molecule is CSCCSCCOCC(O)COc1ccc(OCC(O)COCCSCCSC)cc1. The van der Waals surface area contributed by atoms with Crippen LogP contribution in [0.5, 0.6) is 11.5 Å². The lowest BCUT2D eigenvalue weighted by molar-refractivity contribution is 0.0165. The molecule has 0 aliphatic carbocycles. The van der Waals surface area contributed by atoms with E-state index in [1.807, 2.05) is 47.0 Å². The van der Waals surface area contributed by atoms with Crippen molar-refractivity contribution < 1.29 is 29.2 Å². The van der Waals surface area contributed by atoms with Crippen LogP contribution in [0.2, 0.25) is 0 Å². The predicted octanol–water partition coefficient (Wildman–Crippen LogP) is 3.39. The zero-order valence-corrected chi connectivity index (χ0v) is 22.4. The summed E-state index contributed by atoms with van der Waals surface area (Å²) in [6.45, 7) is 2.14. The highest BCUT2D eigenvalue weighted by atomic mass is 32.2. The van der Waals surface area contributed by atoms with E-state index < -0.39 is 12.2 Å². The molecule has 1 rings (SSSR count). The van der Waals surface area contributed by atoms with Gasteiger partial charge in [-0.1, -0.05) is 0 Å². The minimum atomic E-state index is -0.666. The van der Waals surface area contributed by atoms with Gasteiger partial charge in [-0.15, -0.1) is 0 Å². The third-order valence-electron chi connectivity index (χ3n) is 3.94. The third kappa shape index (κ3) is 17.5. The van der Waals surface area contributed by atoms with Crippen LogP contribution in [0.3, 0.4) is 0 Å². The molecule has 1 aromatic carbocycles. The maximum atomic E-state index is 9.97. The molecule has 0 aliphatic heterocycles. The van der Waals surface area contributed by atoms with Crippen LogP contribution in [0.1, 0.15) is 0 Å². The molecule has 0 fully saturated rings. The van der Waals surface area contributed by atoms with Gasteiger partial charge < -0.3 is 29.2 Å². The number of ether oxygens (including phenoxy) is 4. The summed E-state index contributed by atoms with van der Waals surface area (Å²) >= 11 is 7.40. The first-order valence-electron chi connectivity index (χ1n) is 10.7. The van der Waals surface area contributed by atoms with Gasteiger partial charge in [-0.2, -0.15) is 47.0 Å². The summed E-state index contributed by atoms with van der Waals surface area (Å²) in [5, 5.41) is 19.9. The van der Waals surface area contributed by atoms with Crippen molar-refractivity contribution in [2.24, 2.45) is 0 Å². The molecule has 0 heterocycles. The minimum absolute atomic E-state index is 0.172. The molecule has 6 nitrogen and oxygen atoms in total. The molecule has 2 N–H and O–H groups in total. The average Bonchev–Trinajstić information content (AvgIpc) is 2.81. The fourth-order valence-corrected chi connectivity index (χ4v) is 5.43. The van der Waals surface area contributed by atoms with Crippen molar-refractivity contribution >= 4 is 47.0 Å². The number of hydrogen-bond acceptors (Lipinski definition) is 10. The van der Waals surface area contributed by atoms with E-state index in [0.717, 1.165) is 34.5 Å². The van der Waals surface area contributed by atoms with E-state index in [2.05, 4.69) is 12.5 Å². The maximum absolute atomic E-state index is 9.97. The Morgan fingerprint density at radius 1 is 0.625 bits per heavy atom. The second-order valence-corrected chi connectivity index (χ2v) is 11.2. The standard InChI is InChI=1S/C22H38O6S4/c1-29-11-13-31-9-7-25-15-19(23)17-27-21-3-5-22(6-4-21)28-18-20(24)16-26-8-10-32-14-12-30-2/h3-6,19-20,23-24H,7-18H2,1-2H3. The van der Waals surface area contributed by atoms with Crippen LogP contribution in [0.25, 0.3) is 0 Å². The summed E-state index contributed by atoms with van der Waals surface area (Å²) in [5.74, 6) is 7.72. The summed E-state index contributed by atoms with van der Waals surface area (Å²) in [4.78, 5) is 0. The van der Waals surface area contributed by atoms with Crippen molar-refractivity contribution in [3.8, 4) is 11.5 Å². The highest BCUT2D eigenvalue weighted by molar-refractivity contribution is 8.03. The van der Waals surface area contributed by atoms with E-state index in [1.165, 1.54) is 0 Å². The Morgan fingerprint density at radius 2 is 1.03 bits per heavy atom.